The van der Waals surface area contributed by atoms with Crippen molar-refractivity contribution < 1.29 is 3.89 Å². The van der Waals surface area contributed by atoms with Gasteiger partial charge < -0.3 is 4.57 Å². The molecule has 3 heteroatoms. The molecule has 0 unspecified atom stereocenters. The molecule has 0 N–H and O–H groups in total. The zero-order valence-electron chi connectivity index (χ0n) is 13.3. The zero-order chi connectivity index (χ0) is 16.7. The predicted molar refractivity (Wildman–Crippen MR) is 102 cm³/mol. The van der Waals surface area contributed by atoms with E-state index in [0.29, 0.717) is 17.0 Å². The van der Waals surface area contributed by atoms with E-state index >= 15 is 0 Å². The Labute approximate surface area is 144 Å². The maximum Gasteiger partial charge on any atom is 0.0819 e. The highest BCUT2D eigenvalue weighted by molar-refractivity contribution is 7.94. The Hall–Kier alpha value is -2.52. The van der Waals surface area contributed by atoms with Gasteiger partial charge in [-0.1, -0.05) is 48.6 Å². The Balaban J connectivity index is 2.08. The maximum absolute atomic E-state index is 13.4. The standard InChI is InChI=1S/C21H16FNS/c1-14(2)15-10-12-16(13-11-15)23-18-7-4-3-6-17(18)21-19(23)8-5-9-20(21)24-22/h3-13H,1H2,2H3. The van der Waals surface area contributed by atoms with Crippen LogP contribution in [0, 0.1) is 0 Å². The molecular formula is C21H16FNS. The predicted octanol–water partition coefficient (Wildman–Crippen LogP) is 6.79. The highest BCUT2D eigenvalue weighted by Crippen LogP contribution is 2.38. The molecule has 0 radical (unpaired) electrons. The number of para-hydroxylation sites is 1. The van der Waals surface area contributed by atoms with E-state index in [9.17, 15) is 3.89 Å². The SMILES string of the molecule is C=C(C)c1ccc(-n2c3ccccc3c3c(SF)cccc32)cc1. The monoisotopic (exact) mass is 333 g/mol. The molecule has 1 heterocycles. The van der Waals surface area contributed by atoms with Crippen LogP contribution in [0.3, 0.4) is 0 Å². The fourth-order valence-corrected chi connectivity index (χ4v) is 3.65. The largest absolute Gasteiger partial charge is 0.309 e. The highest BCUT2D eigenvalue weighted by Gasteiger charge is 2.15. The molecule has 0 aliphatic rings. The van der Waals surface area contributed by atoms with Crippen molar-refractivity contribution in [2.45, 2.75) is 11.8 Å². The van der Waals surface area contributed by atoms with E-state index < -0.39 is 0 Å². The summed E-state index contributed by atoms with van der Waals surface area (Å²) in [5.74, 6) is 0. The molecule has 118 valence electrons. The molecular weight excluding hydrogens is 317 g/mol. The topological polar surface area (TPSA) is 4.93 Å². The van der Waals surface area contributed by atoms with Crippen LogP contribution in [0.15, 0.2) is 78.2 Å². The summed E-state index contributed by atoms with van der Waals surface area (Å²) in [5, 5.41) is 2.03. The molecule has 1 aromatic heterocycles. The number of nitrogens with zero attached hydrogens (tertiary/aromatic N) is 1. The summed E-state index contributed by atoms with van der Waals surface area (Å²) in [7, 11) is 0. The number of benzene rings is 3. The van der Waals surface area contributed by atoms with Crippen LogP contribution in [0.25, 0.3) is 33.1 Å². The summed E-state index contributed by atoms with van der Waals surface area (Å²) in [6, 6.07) is 22.2. The summed E-state index contributed by atoms with van der Waals surface area (Å²) in [6.45, 7) is 5.99. The molecule has 0 saturated heterocycles. The van der Waals surface area contributed by atoms with E-state index in [1.165, 1.54) is 0 Å². The van der Waals surface area contributed by atoms with Crippen LogP contribution in [-0.4, -0.2) is 4.57 Å². The third-order valence-corrected chi connectivity index (χ3v) is 4.87. The fourth-order valence-electron chi connectivity index (χ4n) is 3.22. The minimum atomic E-state index is 0.303. The van der Waals surface area contributed by atoms with E-state index in [0.717, 1.165) is 38.6 Å². The van der Waals surface area contributed by atoms with Crippen molar-refractivity contribution in [3.63, 3.8) is 0 Å². The lowest BCUT2D eigenvalue weighted by molar-refractivity contribution is 0.936. The van der Waals surface area contributed by atoms with Gasteiger partial charge in [-0.3, -0.25) is 0 Å². The molecule has 0 saturated carbocycles. The fraction of sp³-hybridized carbons (Fsp3) is 0.0476. The third kappa shape index (κ3) is 2.24. The maximum atomic E-state index is 13.4. The first-order valence-corrected chi connectivity index (χ1v) is 8.49. The Bertz CT molecular complexity index is 1060. The first kappa shape index (κ1) is 15.0. The Morgan fingerprint density at radius 3 is 2.33 bits per heavy atom. The van der Waals surface area contributed by atoms with Gasteiger partial charge in [-0.05, 0) is 42.8 Å². The first-order valence-electron chi connectivity index (χ1n) is 7.78. The first-order chi connectivity index (χ1) is 11.7. The molecule has 0 atom stereocenters. The molecule has 0 fully saturated rings. The Kier molecular flexibility index (Phi) is 3.66. The molecule has 4 aromatic rings. The Morgan fingerprint density at radius 1 is 0.917 bits per heavy atom. The second-order valence-corrected chi connectivity index (χ2v) is 6.50. The van der Waals surface area contributed by atoms with Gasteiger partial charge in [0.2, 0.25) is 0 Å². The second-order valence-electron chi connectivity index (χ2n) is 5.91. The van der Waals surface area contributed by atoms with Crippen LogP contribution in [0.1, 0.15) is 12.5 Å². The molecule has 0 aliphatic heterocycles. The lowest BCUT2D eigenvalue weighted by Gasteiger charge is -2.09. The summed E-state index contributed by atoms with van der Waals surface area (Å²) >= 11 is 0.303. The molecule has 1 nitrogen and oxygen atoms in total. The van der Waals surface area contributed by atoms with Crippen LogP contribution < -0.4 is 0 Å². The van der Waals surface area contributed by atoms with Gasteiger partial charge in [0.1, 0.15) is 0 Å². The van der Waals surface area contributed by atoms with Gasteiger partial charge in [0.05, 0.1) is 28.1 Å². The highest BCUT2D eigenvalue weighted by atomic mass is 32.2. The molecule has 3 aromatic carbocycles. The van der Waals surface area contributed by atoms with Crippen molar-refractivity contribution in [3.8, 4) is 5.69 Å². The molecule has 0 spiro atoms. The number of hydrogen-bond donors (Lipinski definition) is 0. The van der Waals surface area contributed by atoms with Gasteiger partial charge in [0, 0.05) is 16.5 Å². The van der Waals surface area contributed by atoms with E-state index in [1.54, 1.807) is 0 Å². The quantitative estimate of drug-likeness (QED) is 0.399. The number of allylic oxidation sites excluding steroid dienone is 1. The third-order valence-electron chi connectivity index (χ3n) is 4.36. The van der Waals surface area contributed by atoms with Crippen LogP contribution in [0.4, 0.5) is 3.89 Å². The minimum Gasteiger partial charge on any atom is -0.309 e. The van der Waals surface area contributed by atoms with Crippen molar-refractivity contribution in [1.82, 2.24) is 4.57 Å². The van der Waals surface area contributed by atoms with Crippen LogP contribution in [0.5, 0.6) is 0 Å². The van der Waals surface area contributed by atoms with Crippen LogP contribution >= 0.6 is 12.1 Å². The van der Waals surface area contributed by atoms with Crippen LogP contribution in [0.2, 0.25) is 0 Å². The van der Waals surface area contributed by atoms with Crippen molar-refractivity contribution in [1.29, 1.82) is 0 Å². The van der Waals surface area contributed by atoms with Gasteiger partial charge >= 0.3 is 0 Å². The molecule has 24 heavy (non-hydrogen) atoms. The number of halogens is 1. The van der Waals surface area contributed by atoms with E-state index in [1.807, 2.05) is 37.3 Å². The van der Waals surface area contributed by atoms with Gasteiger partial charge in [-0.15, -0.1) is 0 Å². The zero-order valence-corrected chi connectivity index (χ0v) is 14.1. The average molecular weight is 333 g/mol. The molecule has 0 aliphatic carbocycles. The van der Waals surface area contributed by atoms with Crippen LogP contribution in [-0.2, 0) is 0 Å². The normalized spacial score (nSPS) is 11.2. The average Bonchev–Trinajstić information content (AvgIpc) is 2.96. The van der Waals surface area contributed by atoms with E-state index in [4.69, 9.17) is 0 Å². The summed E-state index contributed by atoms with van der Waals surface area (Å²) in [6.07, 6.45) is 0. The Morgan fingerprint density at radius 2 is 1.62 bits per heavy atom. The summed E-state index contributed by atoms with van der Waals surface area (Å²) in [5.41, 5.74) is 5.32. The summed E-state index contributed by atoms with van der Waals surface area (Å²) < 4.78 is 15.6. The summed E-state index contributed by atoms with van der Waals surface area (Å²) in [4.78, 5) is 0.654. The van der Waals surface area contributed by atoms with Crippen molar-refractivity contribution in [2.24, 2.45) is 0 Å². The van der Waals surface area contributed by atoms with Crippen molar-refractivity contribution >= 4 is 39.5 Å². The van der Waals surface area contributed by atoms with Gasteiger partial charge in [0.15, 0.2) is 0 Å². The van der Waals surface area contributed by atoms with Gasteiger partial charge in [-0.25, -0.2) is 0 Å². The lowest BCUT2D eigenvalue weighted by Crippen LogP contribution is -1.93. The number of fused-ring (bicyclic) bond motifs is 3. The lowest BCUT2D eigenvalue weighted by atomic mass is 10.1. The minimum absolute atomic E-state index is 0.303. The van der Waals surface area contributed by atoms with E-state index in [2.05, 4.69) is 47.5 Å². The number of rotatable bonds is 3. The van der Waals surface area contributed by atoms with E-state index in [-0.39, 0.29) is 0 Å². The smallest absolute Gasteiger partial charge is 0.0819 e. The van der Waals surface area contributed by atoms with Gasteiger partial charge in [-0.2, -0.15) is 3.89 Å². The molecule has 0 bridgehead atoms. The van der Waals surface area contributed by atoms with Crippen molar-refractivity contribution in [3.05, 3.63) is 78.9 Å². The molecule has 4 rings (SSSR count). The molecule has 0 amide bonds. The van der Waals surface area contributed by atoms with Crippen molar-refractivity contribution in [2.75, 3.05) is 0 Å². The van der Waals surface area contributed by atoms with Gasteiger partial charge in [0.25, 0.3) is 0 Å². The second kappa shape index (κ2) is 5.84. The number of aromatic nitrogens is 1. The number of hydrogen-bond acceptors (Lipinski definition) is 1.